The van der Waals surface area contributed by atoms with Crippen LogP contribution in [0.1, 0.15) is 17.3 Å². The summed E-state index contributed by atoms with van der Waals surface area (Å²) in [5.74, 6) is -1.95. The number of hydrogen-bond donors (Lipinski definition) is 3. The number of amides is 1. The van der Waals surface area contributed by atoms with Crippen LogP contribution in [0.25, 0.3) is 0 Å². The van der Waals surface area contributed by atoms with Gasteiger partial charge in [-0.3, -0.25) is 4.79 Å². The fourth-order valence-electron chi connectivity index (χ4n) is 2.72. The minimum absolute atomic E-state index is 0.233. The predicted octanol–water partition coefficient (Wildman–Crippen LogP) is 6.46. The lowest BCUT2D eigenvalue weighted by molar-refractivity contribution is 0.102. The molecule has 0 radical (unpaired) electrons. The van der Waals surface area contributed by atoms with Gasteiger partial charge in [0.25, 0.3) is 11.7 Å². The number of carbonyl (C=O) groups excluding carboxylic acids is 1. The van der Waals surface area contributed by atoms with Gasteiger partial charge in [-0.2, -0.15) is 8.78 Å². The second-order valence-corrected chi connectivity index (χ2v) is 7.94. The topological polar surface area (TPSA) is 62.4 Å². The molecule has 0 unspecified atom stereocenters. The number of nitrogens with one attached hydrogen (secondary N) is 3. The molecule has 0 heterocycles. The average molecular weight is 474 g/mol. The van der Waals surface area contributed by atoms with Crippen molar-refractivity contribution in [1.82, 2.24) is 0 Å². The van der Waals surface area contributed by atoms with E-state index in [1.165, 1.54) is 0 Å². The molecule has 9 heteroatoms. The third-order valence-electron chi connectivity index (χ3n) is 4.17. The fraction of sp³-hybridized carbons (Fsp3) is 0.130. The first-order valence-corrected chi connectivity index (χ1v) is 11.0. The summed E-state index contributed by atoms with van der Waals surface area (Å²) in [6, 6.07) is 20.5. The van der Waals surface area contributed by atoms with Crippen LogP contribution in [0.2, 0.25) is 0 Å². The number of thioether (sulfide) groups is 1. The molecule has 32 heavy (non-hydrogen) atoms. The highest BCUT2D eigenvalue weighted by molar-refractivity contribution is 7.99. The molecule has 0 atom stereocenters. The average Bonchev–Trinajstić information content (AvgIpc) is 2.77. The van der Waals surface area contributed by atoms with Gasteiger partial charge in [-0.05, 0) is 91.9 Å². The van der Waals surface area contributed by atoms with Gasteiger partial charge in [0.15, 0.2) is 5.11 Å². The van der Waals surface area contributed by atoms with Crippen molar-refractivity contribution < 1.29 is 18.3 Å². The Bertz CT molecular complexity index is 1040. The number of ether oxygens (including phenoxy) is 1. The Labute approximate surface area is 194 Å². The van der Waals surface area contributed by atoms with E-state index >= 15 is 0 Å². The van der Waals surface area contributed by atoms with Crippen LogP contribution in [0, 0.1) is 0 Å². The molecular weight excluding hydrogens is 452 g/mol. The molecule has 3 N–H and O–H groups in total. The van der Waals surface area contributed by atoms with Crippen LogP contribution in [0.3, 0.4) is 0 Å². The molecule has 3 aromatic carbocycles. The highest BCUT2D eigenvalue weighted by Gasteiger charge is 2.08. The maximum Gasteiger partial charge on any atom is 0.288 e. The van der Waals surface area contributed by atoms with Crippen molar-refractivity contribution in [2.75, 3.05) is 22.6 Å². The summed E-state index contributed by atoms with van der Waals surface area (Å²) in [7, 11) is 0. The molecule has 0 saturated carbocycles. The number of anilines is 3. The zero-order valence-electron chi connectivity index (χ0n) is 17.1. The minimum atomic E-state index is -2.46. The fourth-order valence-corrected chi connectivity index (χ4v) is 3.46. The van der Waals surface area contributed by atoms with Crippen LogP contribution in [-0.2, 0) is 0 Å². The maximum absolute atomic E-state index is 12.4. The number of rotatable bonds is 8. The summed E-state index contributed by atoms with van der Waals surface area (Å²) in [5.41, 5.74) is 2.54. The molecule has 3 aromatic rings. The normalized spacial score (nSPS) is 10.5. The van der Waals surface area contributed by atoms with Crippen molar-refractivity contribution >= 4 is 52.1 Å². The molecule has 0 saturated heterocycles. The molecule has 0 fully saturated rings. The first-order valence-electron chi connectivity index (χ1n) is 9.70. The molecule has 0 bridgehead atoms. The van der Waals surface area contributed by atoms with Gasteiger partial charge >= 0.3 is 0 Å². The van der Waals surface area contributed by atoms with Crippen molar-refractivity contribution in [3.8, 4) is 5.75 Å². The number of carbonyl (C=O) groups is 1. The van der Waals surface area contributed by atoms with Gasteiger partial charge in [-0.25, -0.2) is 0 Å². The zero-order chi connectivity index (χ0) is 22.9. The third-order valence-corrected chi connectivity index (χ3v) is 5.09. The molecule has 0 aliphatic carbocycles. The van der Waals surface area contributed by atoms with E-state index in [-0.39, 0.29) is 5.91 Å². The highest BCUT2D eigenvalue weighted by atomic mass is 32.2. The Hall–Kier alpha value is -3.17. The number of halogens is 2. The van der Waals surface area contributed by atoms with Crippen LogP contribution in [-0.4, -0.2) is 23.4 Å². The Morgan fingerprint density at radius 1 is 0.875 bits per heavy atom. The highest BCUT2D eigenvalue weighted by Crippen LogP contribution is 2.26. The predicted molar refractivity (Wildman–Crippen MR) is 130 cm³/mol. The monoisotopic (exact) mass is 473 g/mol. The van der Waals surface area contributed by atoms with Gasteiger partial charge in [-0.1, -0.05) is 11.8 Å². The van der Waals surface area contributed by atoms with Gasteiger partial charge in [0, 0.05) is 27.5 Å². The van der Waals surface area contributed by atoms with Crippen molar-refractivity contribution in [2.24, 2.45) is 0 Å². The van der Waals surface area contributed by atoms with E-state index in [1.54, 1.807) is 72.8 Å². The summed E-state index contributed by atoms with van der Waals surface area (Å²) in [6.07, 6.45) is 0. The Morgan fingerprint density at radius 2 is 1.38 bits per heavy atom. The summed E-state index contributed by atoms with van der Waals surface area (Å²) >= 11 is 5.77. The number of hydrogen-bond acceptors (Lipinski definition) is 4. The summed E-state index contributed by atoms with van der Waals surface area (Å²) < 4.78 is 30.2. The van der Waals surface area contributed by atoms with E-state index < -0.39 is 5.76 Å². The van der Waals surface area contributed by atoms with Crippen molar-refractivity contribution in [2.45, 2.75) is 17.6 Å². The van der Waals surface area contributed by atoms with E-state index in [4.69, 9.17) is 17.0 Å². The van der Waals surface area contributed by atoms with E-state index in [9.17, 15) is 13.6 Å². The second kappa shape index (κ2) is 11.4. The van der Waals surface area contributed by atoms with Crippen LogP contribution in [0.15, 0.2) is 77.7 Å². The first-order chi connectivity index (χ1) is 15.4. The molecule has 166 valence electrons. The Kier molecular flexibility index (Phi) is 8.41. The maximum atomic E-state index is 12.4. The largest absolute Gasteiger partial charge is 0.494 e. The smallest absolute Gasteiger partial charge is 0.288 e. The Balaban J connectivity index is 1.52. The molecule has 1 amide bonds. The van der Waals surface area contributed by atoms with E-state index in [0.29, 0.717) is 51.0 Å². The SMILES string of the molecule is CCOc1ccc(NC(=O)c2ccc(NC(=S)Nc3ccc(SC(F)F)cc3)cc2)cc1. The second-order valence-electron chi connectivity index (χ2n) is 6.47. The first kappa shape index (κ1) is 23.5. The number of alkyl halides is 2. The quantitative estimate of drug-likeness (QED) is 0.258. The summed E-state index contributed by atoms with van der Waals surface area (Å²) in [4.78, 5) is 12.9. The van der Waals surface area contributed by atoms with Crippen molar-refractivity contribution in [1.29, 1.82) is 0 Å². The zero-order valence-corrected chi connectivity index (χ0v) is 18.7. The van der Waals surface area contributed by atoms with Crippen LogP contribution < -0.4 is 20.7 Å². The lowest BCUT2D eigenvalue weighted by atomic mass is 10.2. The van der Waals surface area contributed by atoms with Crippen LogP contribution in [0.5, 0.6) is 5.75 Å². The minimum Gasteiger partial charge on any atom is -0.494 e. The lowest BCUT2D eigenvalue weighted by Crippen LogP contribution is -2.19. The standard InChI is InChI=1S/C23H21F2N3O2S2/c1-2-30-19-11-7-16(8-12-19)26-21(29)15-3-5-17(6-4-15)27-23(31)28-18-9-13-20(14-10-18)32-22(24)25/h3-14,22H,2H2,1H3,(H,26,29)(H2,27,28,31). The van der Waals surface area contributed by atoms with Crippen LogP contribution >= 0.6 is 24.0 Å². The third kappa shape index (κ3) is 7.21. The van der Waals surface area contributed by atoms with Crippen molar-refractivity contribution in [3.63, 3.8) is 0 Å². The Morgan fingerprint density at radius 3 is 1.91 bits per heavy atom. The molecule has 0 aliphatic heterocycles. The van der Waals surface area contributed by atoms with Crippen molar-refractivity contribution in [3.05, 3.63) is 78.4 Å². The van der Waals surface area contributed by atoms with E-state index in [2.05, 4.69) is 16.0 Å². The molecule has 0 spiro atoms. The summed E-state index contributed by atoms with van der Waals surface area (Å²) in [6.45, 7) is 2.49. The molecular formula is C23H21F2N3O2S2. The summed E-state index contributed by atoms with van der Waals surface area (Å²) in [5, 5.41) is 9.18. The van der Waals surface area contributed by atoms with Gasteiger partial charge in [-0.15, -0.1) is 0 Å². The molecule has 0 aliphatic rings. The van der Waals surface area contributed by atoms with Gasteiger partial charge < -0.3 is 20.7 Å². The molecule has 0 aromatic heterocycles. The number of thiocarbonyl (C=S) groups is 1. The number of benzene rings is 3. The lowest BCUT2D eigenvalue weighted by Gasteiger charge is -2.12. The van der Waals surface area contributed by atoms with Gasteiger partial charge in [0.05, 0.1) is 6.61 Å². The van der Waals surface area contributed by atoms with Gasteiger partial charge in [0.2, 0.25) is 0 Å². The molecule has 5 nitrogen and oxygen atoms in total. The van der Waals surface area contributed by atoms with E-state index in [1.807, 2.05) is 6.92 Å². The molecule has 3 rings (SSSR count). The van der Waals surface area contributed by atoms with Gasteiger partial charge in [0.1, 0.15) is 5.75 Å². The van der Waals surface area contributed by atoms with E-state index in [0.717, 1.165) is 5.75 Å². The van der Waals surface area contributed by atoms with Crippen LogP contribution in [0.4, 0.5) is 25.8 Å².